The Hall–Kier alpha value is -3.34. The number of nitrogens with one attached hydrogen (secondary N) is 1. The molecule has 166 valence electrons. The number of para-hydroxylation sites is 2. The zero-order chi connectivity index (χ0) is 22.2. The maximum atomic E-state index is 11.0. The lowest BCUT2D eigenvalue weighted by Gasteiger charge is -2.12. The maximum Gasteiger partial charge on any atom is 0.216 e. The number of rotatable bonds is 11. The van der Waals surface area contributed by atoms with E-state index in [-0.39, 0.29) is 5.91 Å². The van der Waals surface area contributed by atoms with Crippen LogP contribution in [0.5, 0.6) is 5.75 Å². The second-order valence-electron chi connectivity index (χ2n) is 8.14. The number of fused-ring (bicyclic) bond motifs is 2. The SMILES string of the molecule is CC(=O)NCCCCCc1nc2ccccc2n1CCCOc1cccc2ccccc12. The molecule has 4 aromatic rings. The lowest BCUT2D eigenvalue weighted by molar-refractivity contribution is -0.118. The Morgan fingerprint density at radius 3 is 2.66 bits per heavy atom. The molecular formula is C27H31N3O2. The Balaban J connectivity index is 1.35. The zero-order valence-corrected chi connectivity index (χ0v) is 18.7. The third-order valence-corrected chi connectivity index (χ3v) is 5.72. The number of unbranched alkanes of at least 4 members (excludes halogenated alkanes) is 2. The first kappa shape index (κ1) is 21.9. The van der Waals surface area contributed by atoms with Gasteiger partial charge in [-0.15, -0.1) is 0 Å². The van der Waals surface area contributed by atoms with Crippen molar-refractivity contribution in [2.75, 3.05) is 13.2 Å². The molecule has 1 heterocycles. The molecule has 5 nitrogen and oxygen atoms in total. The molecule has 0 aliphatic carbocycles. The highest BCUT2D eigenvalue weighted by molar-refractivity contribution is 5.88. The lowest BCUT2D eigenvalue weighted by Crippen LogP contribution is -2.20. The van der Waals surface area contributed by atoms with Crippen LogP contribution in [0.4, 0.5) is 0 Å². The van der Waals surface area contributed by atoms with Crippen LogP contribution in [-0.2, 0) is 17.8 Å². The fraction of sp³-hybridized carbons (Fsp3) is 0.333. The number of carbonyl (C=O) groups excluding carboxylic acids is 1. The summed E-state index contributed by atoms with van der Waals surface area (Å²) in [6.45, 7) is 3.85. The standard InChI is InChI=1S/C27H31N3O2/c1-21(31)28-18-8-2-3-17-27-29-24-14-6-7-15-25(24)30(27)19-10-20-32-26-16-9-12-22-11-4-5-13-23(22)26/h4-7,9,11-16H,2-3,8,10,17-20H2,1H3,(H,28,31). The molecule has 0 bridgehead atoms. The Morgan fingerprint density at radius 1 is 0.938 bits per heavy atom. The molecule has 0 saturated carbocycles. The molecule has 1 N–H and O–H groups in total. The number of aryl methyl sites for hydroxylation is 2. The van der Waals surface area contributed by atoms with E-state index < -0.39 is 0 Å². The quantitative estimate of drug-likeness (QED) is 0.320. The van der Waals surface area contributed by atoms with Crippen molar-refractivity contribution < 1.29 is 9.53 Å². The largest absolute Gasteiger partial charge is 0.493 e. The van der Waals surface area contributed by atoms with Gasteiger partial charge in [-0.3, -0.25) is 4.79 Å². The highest BCUT2D eigenvalue weighted by atomic mass is 16.5. The third kappa shape index (κ3) is 5.47. The van der Waals surface area contributed by atoms with Crippen LogP contribution in [0.1, 0.15) is 38.4 Å². The normalized spacial score (nSPS) is 11.2. The fourth-order valence-electron chi connectivity index (χ4n) is 4.14. The molecule has 0 unspecified atom stereocenters. The van der Waals surface area contributed by atoms with E-state index in [0.29, 0.717) is 6.61 Å². The van der Waals surface area contributed by atoms with E-state index >= 15 is 0 Å². The number of imidazole rings is 1. The summed E-state index contributed by atoms with van der Waals surface area (Å²) in [4.78, 5) is 15.9. The Bertz CT molecular complexity index is 1180. The fourth-order valence-corrected chi connectivity index (χ4v) is 4.14. The van der Waals surface area contributed by atoms with E-state index in [0.717, 1.165) is 67.7 Å². The topological polar surface area (TPSA) is 56.2 Å². The average Bonchev–Trinajstić information content (AvgIpc) is 3.16. The number of benzene rings is 3. The molecule has 4 rings (SSSR count). The van der Waals surface area contributed by atoms with Crippen LogP contribution in [0.25, 0.3) is 21.8 Å². The predicted molar refractivity (Wildman–Crippen MR) is 130 cm³/mol. The highest BCUT2D eigenvalue weighted by Gasteiger charge is 2.10. The molecular weight excluding hydrogens is 398 g/mol. The van der Waals surface area contributed by atoms with E-state index in [1.165, 1.54) is 10.9 Å². The summed E-state index contributed by atoms with van der Waals surface area (Å²) in [5.41, 5.74) is 2.24. The Labute approximate surface area is 189 Å². The van der Waals surface area contributed by atoms with Gasteiger partial charge in [0.25, 0.3) is 0 Å². The number of ether oxygens (including phenoxy) is 1. The molecule has 0 aliphatic heterocycles. The van der Waals surface area contributed by atoms with E-state index in [4.69, 9.17) is 9.72 Å². The molecule has 0 atom stereocenters. The van der Waals surface area contributed by atoms with E-state index in [1.54, 1.807) is 6.92 Å². The Morgan fingerprint density at radius 2 is 1.75 bits per heavy atom. The van der Waals surface area contributed by atoms with Crippen molar-refractivity contribution >= 4 is 27.7 Å². The molecule has 0 aliphatic rings. The summed E-state index contributed by atoms with van der Waals surface area (Å²) in [5, 5.41) is 5.22. The van der Waals surface area contributed by atoms with Crippen molar-refractivity contribution in [2.24, 2.45) is 0 Å². The van der Waals surface area contributed by atoms with Crippen molar-refractivity contribution in [3.63, 3.8) is 0 Å². The van der Waals surface area contributed by atoms with Crippen LogP contribution in [0, 0.1) is 0 Å². The van der Waals surface area contributed by atoms with Gasteiger partial charge in [-0.05, 0) is 42.8 Å². The summed E-state index contributed by atoms with van der Waals surface area (Å²) < 4.78 is 8.49. The van der Waals surface area contributed by atoms with Gasteiger partial charge in [-0.25, -0.2) is 4.98 Å². The second-order valence-corrected chi connectivity index (χ2v) is 8.14. The van der Waals surface area contributed by atoms with Crippen molar-refractivity contribution in [2.45, 2.75) is 45.6 Å². The number of amides is 1. The zero-order valence-electron chi connectivity index (χ0n) is 18.7. The van der Waals surface area contributed by atoms with Crippen LogP contribution in [0.15, 0.2) is 66.7 Å². The molecule has 1 amide bonds. The van der Waals surface area contributed by atoms with Crippen molar-refractivity contribution in [3.8, 4) is 5.75 Å². The van der Waals surface area contributed by atoms with Crippen LogP contribution in [0.2, 0.25) is 0 Å². The predicted octanol–water partition coefficient (Wildman–Crippen LogP) is 5.51. The minimum Gasteiger partial charge on any atom is -0.493 e. The monoisotopic (exact) mass is 429 g/mol. The van der Waals surface area contributed by atoms with Gasteiger partial charge in [0.15, 0.2) is 0 Å². The smallest absolute Gasteiger partial charge is 0.216 e. The number of nitrogens with zero attached hydrogens (tertiary/aromatic N) is 2. The van der Waals surface area contributed by atoms with Gasteiger partial charge in [-0.2, -0.15) is 0 Å². The van der Waals surface area contributed by atoms with Gasteiger partial charge in [-0.1, -0.05) is 55.0 Å². The molecule has 0 spiro atoms. The lowest BCUT2D eigenvalue weighted by atomic mass is 10.1. The van der Waals surface area contributed by atoms with Crippen LogP contribution >= 0.6 is 0 Å². The van der Waals surface area contributed by atoms with Crippen LogP contribution in [-0.4, -0.2) is 28.6 Å². The van der Waals surface area contributed by atoms with Crippen molar-refractivity contribution in [3.05, 3.63) is 72.6 Å². The van der Waals surface area contributed by atoms with E-state index in [9.17, 15) is 4.79 Å². The van der Waals surface area contributed by atoms with Gasteiger partial charge in [0, 0.05) is 31.8 Å². The van der Waals surface area contributed by atoms with Gasteiger partial charge in [0.05, 0.1) is 17.6 Å². The average molecular weight is 430 g/mol. The van der Waals surface area contributed by atoms with Gasteiger partial charge < -0.3 is 14.6 Å². The maximum absolute atomic E-state index is 11.0. The summed E-state index contributed by atoms with van der Waals surface area (Å²) in [6, 6.07) is 22.9. The molecule has 32 heavy (non-hydrogen) atoms. The summed E-state index contributed by atoms with van der Waals surface area (Å²) in [6.07, 6.45) is 5.00. The van der Waals surface area contributed by atoms with Gasteiger partial charge in [0.1, 0.15) is 11.6 Å². The highest BCUT2D eigenvalue weighted by Crippen LogP contribution is 2.25. The molecule has 1 aromatic heterocycles. The van der Waals surface area contributed by atoms with Crippen molar-refractivity contribution in [1.29, 1.82) is 0 Å². The molecule has 5 heteroatoms. The number of hydrogen-bond acceptors (Lipinski definition) is 3. The van der Waals surface area contributed by atoms with E-state index in [2.05, 4.69) is 58.4 Å². The number of hydrogen-bond donors (Lipinski definition) is 1. The second kappa shape index (κ2) is 10.8. The van der Waals surface area contributed by atoms with Crippen LogP contribution in [0.3, 0.4) is 0 Å². The molecule has 0 fully saturated rings. The molecule has 0 radical (unpaired) electrons. The molecule has 3 aromatic carbocycles. The van der Waals surface area contributed by atoms with Gasteiger partial charge >= 0.3 is 0 Å². The summed E-state index contributed by atoms with van der Waals surface area (Å²) in [7, 11) is 0. The minimum absolute atomic E-state index is 0.0394. The van der Waals surface area contributed by atoms with Crippen molar-refractivity contribution in [1.82, 2.24) is 14.9 Å². The Kier molecular flexibility index (Phi) is 7.38. The first-order valence-electron chi connectivity index (χ1n) is 11.5. The third-order valence-electron chi connectivity index (χ3n) is 5.72. The minimum atomic E-state index is 0.0394. The first-order chi connectivity index (χ1) is 15.7. The number of carbonyl (C=O) groups is 1. The molecule has 0 saturated heterocycles. The first-order valence-corrected chi connectivity index (χ1v) is 11.5. The number of aromatic nitrogens is 2. The van der Waals surface area contributed by atoms with Gasteiger partial charge in [0.2, 0.25) is 5.91 Å². The summed E-state index contributed by atoms with van der Waals surface area (Å²) >= 11 is 0. The van der Waals surface area contributed by atoms with Crippen LogP contribution < -0.4 is 10.1 Å². The van der Waals surface area contributed by atoms with E-state index in [1.807, 2.05) is 18.2 Å². The summed E-state index contributed by atoms with van der Waals surface area (Å²) in [5.74, 6) is 2.12.